The number of amides is 1. The number of hydrazone groups is 1. The van der Waals surface area contributed by atoms with Crippen molar-refractivity contribution in [3.8, 4) is 5.75 Å². The molecule has 2 aromatic carbocycles. The third kappa shape index (κ3) is 4.33. The molecule has 7 heteroatoms. The molecule has 0 aliphatic heterocycles. The predicted octanol–water partition coefficient (Wildman–Crippen LogP) is 3.08. The predicted molar refractivity (Wildman–Crippen MR) is 97.9 cm³/mol. The molecule has 1 amide bonds. The molecule has 0 bridgehead atoms. The zero-order valence-electron chi connectivity index (χ0n) is 12.9. The molecule has 0 aliphatic rings. The summed E-state index contributed by atoms with van der Waals surface area (Å²) in [4.78, 5) is 24.0. The second-order valence-electron chi connectivity index (χ2n) is 5.06. The fraction of sp³-hybridized carbons (Fsp3) is 0.0556. The van der Waals surface area contributed by atoms with Crippen LogP contribution in [0.25, 0.3) is 11.0 Å². The minimum Gasteiger partial charge on any atom is -0.484 e. The number of halogens is 1. The Kier molecular flexibility index (Phi) is 5.25. The van der Waals surface area contributed by atoms with E-state index in [2.05, 4.69) is 26.5 Å². The van der Waals surface area contributed by atoms with E-state index in [0.717, 1.165) is 4.47 Å². The zero-order valence-corrected chi connectivity index (χ0v) is 14.5. The van der Waals surface area contributed by atoms with Gasteiger partial charge in [0.15, 0.2) is 6.61 Å². The van der Waals surface area contributed by atoms with Gasteiger partial charge in [-0.1, -0.05) is 34.1 Å². The molecule has 0 fully saturated rings. The van der Waals surface area contributed by atoms with Crippen LogP contribution in [0, 0.1) is 0 Å². The molecule has 3 aromatic rings. The van der Waals surface area contributed by atoms with E-state index in [4.69, 9.17) is 9.15 Å². The number of nitrogens with zero attached hydrogens (tertiary/aromatic N) is 1. The van der Waals surface area contributed by atoms with Crippen molar-refractivity contribution in [1.29, 1.82) is 0 Å². The standard InChI is InChI=1S/C18H13BrN2O4/c19-13-4-3-5-14(8-13)24-11-17(22)21-20-9-12-10-25-16-7-2-1-6-15(16)18(12)23/h1-10H,11H2,(H,21,22). The summed E-state index contributed by atoms with van der Waals surface area (Å²) in [5.41, 5.74) is 2.83. The normalized spacial score (nSPS) is 10.9. The third-order valence-electron chi connectivity index (χ3n) is 3.27. The summed E-state index contributed by atoms with van der Waals surface area (Å²) in [5.74, 6) is 0.116. The maximum atomic E-state index is 12.3. The Hall–Kier alpha value is -2.93. The van der Waals surface area contributed by atoms with Gasteiger partial charge in [0.05, 0.1) is 17.2 Å². The summed E-state index contributed by atoms with van der Waals surface area (Å²) >= 11 is 3.32. The lowest BCUT2D eigenvalue weighted by molar-refractivity contribution is -0.123. The molecule has 126 valence electrons. The number of benzene rings is 2. The summed E-state index contributed by atoms with van der Waals surface area (Å²) in [6.07, 6.45) is 2.55. The summed E-state index contributed by atoms with van der Waals surface area (Å²) in [6, 6.07) is 14.0. The number of hydrogen-bond acceptors (Lipinski definition) is 5. The van der Waals surface area contributed by atoms with Crippen molar-refractivity contribution in [1.82, 2.24) is 5.43 Å². The fourth-order valence-electron chi connectivity index (χ4n) is 2.09. The summed E-state index contributed by atoms with van der Waals surface area (Å²) in [5, 5.41) is 4.22. The molecular weight excluding hydrogens is 388 g/mol. The van der Waals surface area contributed by atoms with Crippen LogP contribution in [-0.2, 0) is 4.79 Å². The van der Waals surface area contributed by atoms with Crippen LogP contribution < -0.4 is 15.6 Å². The molecule has 0 spiro atoms. The minimum atomic E-state index is -0.443. The first-order chi connectivity index (χ1) is 12.1. The van der Waals surface area contributed by atoms with Crippen LogP contribution in [0.4, 0.5) is 0 Å². The third-order valence-corrected chi connectivity index (χ3v) is 3.76. The first-order valence-corrected chi connectivity index (χ1v) is 8.13. The smallest absolute Gasteiger partial charge is 0.277 e. The highest BCUT2D eigenvalue weighted by molar-refractivity contribution is 9.10. The number of rotatable bonds is 5. The van der Waals surface area contributed by atoms with Crippen LogP contribution in [-0.4, -0.2) is 18.7 Å². The number of nitrogens with one attached hydrogen (secondary N) is 1. The molecular formula is C18H13BrN2O4. The highest BCUT2D eigenvalue weighted by atomic mass is 79.9. The maximum absolute atomic E-state index is 12.3. The van der Waals surface area contributed by atoms with E-state index in [0.29, 0.717) is 16.7 Å². The summed E-state index contributed by atoms with van der Waals surface area (Å²) in [7, 11) is 0. The average molecular weight is 401 g/mol. The van der Waals surface area contributed by atoms with Crippen LogP contribution in [0.15, 0.2) is 73.6 Å². The van der Waals surface area contributed by atoms with Crippen LogP contribution in [0.2, 0.25) is 0 Å². The Morgan fingerprint density at radius 2 is 2.08 bits per heavy atom. The first kappa shape index (κ1) is 16.9. The van der Waals surface area contributed by atoms with Crippen molar-refractivity contribution in [3.63, 3.8) is 0 Å². The maximum Gasteiger partial charge on any atom is 0.277 e. The molecule has 0 atom stereocenters. The first-order valence-electron chi connectivity index (χ1n) is 7.34. The van der Waals surface area contributed by atoms with Gasteiger partial charge in [0, 0.05) is 4.47 Å². The van der Waals surface area contributed by atoms with Gasteiger partial charge in [-0.3, -0.25) is 9.59 Å². The second kappa shape index (κ2) is 7.76. The van der Waals surface area contributed by atoms with Gasteiger partial charge in [-0.25, -0.2) is 5.43 Å². The van der Waals surface area contributed by atoms with Crippen LogP contribution in [0.5, 0.6) is 5.75 Å². The molecule has 1 N–H and O–H groups in total. The van der Waals surface area contributed by atoms with Gasteiger partial charge in [-0.2, -0.15) is 5.10 Å². The molecule has 3 rings (SSSR count). The van der Waals surface area contributed by atoms with Gasteiger partial charge in [0.25, 0.3) is 5.91 Å². The quantitative estimate of drug-likeness (QED) is 0.526. The Morgan fingerprint density at radius 1 is 1.24 bits per heavy atom. The molecule has 1 aromatic heterocycles. The van der Waals surface area contributed by atoms with Gasteiger partial charge >= 0.3 is 0 Å². The van der Waals surface area contributed by atoms with Crippen molar-refractivity contribution < 1.29 is 13.9 Å². The van der Waals surface area contributed by atoms with E-state index in [-0.39, 0.29) is 17.6 Å². The molecule has 0 aliphatic carbocycles. The van der Waals surface area contributed by atoms with E-state index in [1.54, 1.807) is 42.5 Å². The lowest BCUT2D eigenvalue weighted by atomic mass is 10.2. The SMILES string of the molecule is O=C(COc1cccc(Br)c1)NN=Cc1coc2ccccc2c1=O. The minimum absolute atomic E-state index is 0.194. The van der Waals surface area contributed by atoms with Crippen molar-refractivity contribution in [3.05, 3.63) is 75.1 Å². The van der Waals surface area contributed by atoms with Crippen LogP contribution >= 0.6 is 15.9 Å². The van der Waals surface area contributed by atoms with Gasteiger partial charge in [-0.15, -0.1) is 0 Å². The van der Waals surface area contributed by atoms with E-state index in [9.17, 15) is 9.59 Å². The van der Waals surface area contributed by atoms with Gasteiger partial charge < -0.3 is 9.15 Å². The summed E-state index contributed by atoms with van der Waals surface area (Å²) < 4.78 is 11.6. The largest absolute Gasteiger partial charge is 0.484 e. The van der Waals surface area contributed by atoms with Crippen LogP contribution in [0.3, 0.4) is 0 Å². The Morgan fingerprint density at radius 3 is 2.92 bits per heavy atom. The van der Waals surface area contributed by atoms with Crippen LogP contribution in [0.1, 0.15) is 5.56 Å². The van der Waals surface area contributed by atoms with Gasteiger partial charge in [0.2, 0.25) is 5.43 Å². The zero-order chi connectivity index (χ0) is 17.6. The van der Waals surface area contributed by atoms with E-state index in [1.165, 1.54) is 12.5 Å². The van der Waals surface area contributed by atoms with E-state index < -0.39 is 5.91 Å². The van der Waals surface area contributed by atoms with Gasteiger partial charge in [0.1, 0.15) is 17.6 Å². The molecule has 0 saturated heterocycles. The lowest BCUT2D eigenvalue weighted by Gasteiger charge is -2.05. The van der Waals surface area contributed by atoms with Crippen molar-refractivity contribution in [2.24, 2.45) is 5.10 Å². The molecule has 0 unspecified atom stereocenters. The highest BCUT2D eigenvalue weighted by Crippen LogP contribution is 2.17. The van der Waals surface area contributed by atoms with Crippen molar-refractivity contribution >= 4 is 39.0 Å². The second-order valence-corrected chi connectivity index (χ2v) is 5.97. The Bertz CT molecular complexity index is 998. The molecule has 6 nitrogen and oxygen atoms in total. The van der Waals surface area contributed by atoms with E-state index in [1.807, 2.05) is 6.07 Å². The monoisotopic (exact) mass is 400 g/mol. The average Bonchev–Trinajstić information content (AvgIpc) is 2.62. The molecule has 25 heavy (non-hydrogen) atoms. The lowest BCUT2D eigenvalue weighted by Crippen LogP contribution is -2.25. The number of carbonyl (C=O) groups excluding carboxylic acids is 1. The molecule has 0 radical (unpaired) electrons. The number of fused-ring (bicyclic) bond motifs is 1. The number of hydrogen-bond donors (Lipinski definition) is 1. The Balaban J connectivity index is 1.60. The highest BCUT2D eigenvalue weighted by Gasteiger charge is 2.05. The summed E-state index contributed by atoms with van der Waals surface area (Å²) in [6.45, 7) is -0.194. The molecule has 0 saturated carbocycles. The number of ether oxygens (including phenoxy) is 1. The van der Waals surface area contributed by atoms with Crippen molar-refractivity contribution in [2.45, 2.75) is 0 Å². The van der Waals surface area contributed by atoms with E-state index >= 15 is 0 Å². The fourth-order valence-corrected chi connectivity index (χ4v) is 2.47. The number of carbonyl (C=O) groups is 1. The van der Waals surface area contributed by atoms with Crippen molar-refractivity contribution in [2.75, 3.05) is 6.61 Å². The Labute approximate surface area is 151 Å². The van der Waals surface area contributed by atoms with Gasteiger partial charge in [-0.05, 0) is 30.3 Å². The number of para-hydroxylation sites is 1. The molecule has 1 heterocycles. The topological polar surface area (TPSA) is 80.9 Å².